The Balaban J connectivity index is 2.39. The van der Waals surface area contributed by atoms with Crippen LogP contribution in [0.25, 0.3) is 0 Å². The number of likely N-dealkylation sites (N-methyl/N-ethyl adjacent to an activating group) is 1. The number of aliphatic carboxylic acids is 1. The van der Waals surface area contributed by atoms with Crippen LogP contribution in [0.15, 0.2) is 24.3 Å². The first-order chi connectivity index (χ1) is 10.0. The zero-order valence-corrected chi connectivity index (χ0v) is 11.8. The Morgan fingerprint density at radius 1 is 1.10 bits per heavy atom. The van der Waals surface area contributed by atoms with Gasteiger partial charge in [-0.05, 0) is 31.0 Å². The Hall–Kier alpha value is -2.57. The van der Waals surface area contributed by atoms with Crippen LogP contribution in [0.4, 0.5) is 10.5 Å². The first-order valence-electron chi connectivity index (χ1n) is 6.63. The van der Waals surface area contributed by atoms with Gasteiger partial charge in [0, 0.05) is 18.7 Å². The Kier molecular flexibility index (Phi) is 6.73. The number of urea groups is 1. The molecule has 7 nitrogen and oxygen atoms in total. The van der Waals surface area contributed by atoms with Crippen LogP contribution < -0.4 is 16.0 Å². The maximum absolute atomic E-state index is 11.5. The van der Waals surface area contributed by atoms with Crippen molar-refractivity contribution >= 4 is 23.6 Å². The molecule has 1 aromatic carbocycles. The topological polar surface area (TPSA) is 108 Å². The summed E-state index contributed by atoms with van der Waals surface area (Å²) in [6.45, 7) is 2.22. The summed E-state index contributed by atoms with van der Waals surface area (Å²) >= 11 is 0. The number of amides is 3. The van der Waals surface area contributed by atoms with Crippen molar-refractivity contribution < 1.29 is 19.5 Å². The van der Waals surface area contributed by atoms with E-state index in [1.165, 1.54) is 0 Å². The SMILES string of the molecule is CCNC(=O)CNC(=O)Nc1ccc(CCC(=O)O)cc1. The van der Waals surface area contributed by atoms with E-state index >= 15 is 0 Å². The monoisotopic (exact) mass is 293 g/mol. The Morgan fingerprint density at radius 3 is 2.33 bits per heavy atom. The van der Waals surface area contributed by atoms with E-state index in [-0.39, 0.29) is 18.9 Å². The number of carbonyl (C=O) groups excluding carboxylic acids is 2. The van der Waals surface area contributed by atoms with Crippen LogP contribution in [0.1, 0.15) is 18.9 Å². The van der Waals surface area contributed by atoms with Crippen molar-refractivity contribution in [2.75, 3.05) is 18.4 Å². The number of aryl methyl sites for hydroxylation is 1. The lowest BCUT2D eigenvalue weighted by Gasteiger charge is -2.08. The van der Waals surface area contributed by atoms with E-state index in [0.29, 0.717) is 18.7 Å². The van der Waals surface area contributed by atoms with Gasteiger partial charge in [0.05, 0.1) is 6.54 Å². The van der Waals surface area contributed by atoms with Crippen molar-refractivity contribution in [1.29, 1.82) is 0 Å². The summed E-state index contributed by atoms with van der Waals surface area (Å²) in [6, 6.07) is 6.40. The van der Waals surface area contributed by atoms with Crippen LogP contribution in [-0.4, -0.2) is 36.1 Å². The molecule has 0 spiro atoms. The zero-order chi connectivity index (χ0) is 15.7. The minimum absolute atomic E-state index is 0.0692. The second-order valence-electron chi connectivity index (χ2n) is 4.35. The highest BCUT2D eigenvalue weighted by Crippen LogP contribution is 2.10. The fraction of sp³-hybridized carbons (Fsp3) is 0.357. The van der Waals surface area contributed by atoms with Gasteiger partial charge in [0.25, 0.3) is 0 Å². The molecule has 0 bridgehead atoms. The molecule has 0 unspecified atom stereocenters. The zero-order valence-electron chi connectivity index (χ0n) is 11.8. The summed E-state index contributed by atoms with van der Waals surface area (Å²) in [6.07, 6.45) is 0.513. The van der Waals surface area contributed by atoms with Crippen molar-refractivity contribution in [2.24, 2.45) is 0 Å². The average molecular weight is 293 g/mol. The second kappa shape index (κ2) is 8.57. The quantitative estimate of drug-likeness (QED) is 0.600. The predicted octanol–water partition coefficient (Wildman–Crippen LogP) is 0.961. The number of benzene rings is 1. The Labute approximate surface area is 122 Å². The largest absolute Gasteiger partial charge is 0.481 e. The minimum Gasteiger partial charge on any atom is -0.481 e. The highest BCUT2D eigenvalue weighted by Gasteiger charge is 2.05. The van der Waals surface area contributed by atoms with E-state index in [1.54, 1.807) is 31.2 Å². The number of rotatable bonds is 7. The summed E-state index contributed by atoms with van der Waals surface area (Å²) < 4.78 is 0. The molecule has 0 saturated carbocycles. The van der Waals surface area contributed by atoms with E-state index in [4.69, 9.17) is 5.11 Å². The van der Waals surface area contributed by atoms with Gasteiger partial charge in [-0.15, -0.1) is 0 Å². The third-order valence-electron chi connectivity index (χ3n) is 2.62. The van der Waals surface area contributed by atoms with Gasteiger partial charge in [-0.2, -0.15) is 0 Å². The molecule has 0 radical (unpaired) electrons. The molecule has 0 saturated heterocycles. The Bertz CT molecular complexity index is 499. The number of hydrogen-bond donors (Lipinski definition) is 4. The van der Waals surface area contributed by atoms with Crippen molar-refractivity contribution in [3.63, 3.8) is 0 Å². The van der Waals surface area contributed by atoms with Gasteiger partial charge >= 0.3 is 12.0 Å². The van der Waals surface area contributed by atoms with Gasteiger partial charge in [0.15, 0.2) is 0 Å². The van der Waals surface area contributed by atoms with Gasteiger partial charge in [0.2, 0.25) is 5.91 Å². The van der Waals surface area contributed by atoms with Crippen molar-refractivity contribution in [2.45, 2.75) is 19.8 Å². The number of nitrogens with one attached hydrogen (secondary N) is 3. The molecule has 3 amide bonds. The molecule has 21 heavy (non-hydrogen) atoms. The summed E-state index contributed by atoms with van der Waals surface area (Å²) in [5, 5.41) is 16.2. The molecule has 7 heteroatoms. The van der Waals surface area contributed by atoms with E-state index in [2.05, 4.69) is 16.0 Å². The van der Waals surface area contributed by atoms with Crippen LogP contribution in [0.3, 0.4) is 0 Å². The molecule has 0 aliphatic rings. The van der Waals surface area contributed by atoms with Crippen LogP contribution in [0.2, 0.25) is 0 Å². The second-order valence-corrected chi connectivity index (χ2v) is 4.35. The number of anilines is 1. The number of carboxylic acid groups (broad SMARTS) is 1. The average Bonchev–Trinajstić information content (AvgIpc) is 2.45. The molecule has 1 rings (SSSR count). The molecule has 0 aliphatic carbocycles. The first-order valence-corrected chi connectivity index (χ1v) is 6.63. The lowest BCUT2D eigenvalue weighted by atomic mass is 10.1. The van der Waals surface area contributed by atoms with E-state index in [0.717, 1.165) is 5.56 Å². The molecular weight excluding hydrogens is 274 g/mol. The van der Waals surface area contributed by atoms with Crippen LogP contribution in [0.5, 0.6) is 0 Å². The van der Waals surface area contributed by atoms with Gasteiger partial charge < -0.3 is 21.1 Å². The van der Waals surface area contributed by atoms with Crippen LogP contribution in [0, 0.1) is 0 Å². The van der Waals surface area contributed by atoms with Crippen molar-refractivity contribution in [1.82, 2.24) is 10.6 Å². The maximum atomic E-state index is 11.5. The third-order valence-corrected chi connectivity index (χ3v) is 2.62. The lowest BCUT2D eigenvalue weighted by Crippen LogP contribution is -2.38. The van der Waals surface area contributed by atoms with E-state index in [1.807, 2.05) is 0 Å². The lowest BCUT2D eigenvalue weighted by molar-refractivity contribution is -0.137. The van der Waals surface area contributed by atoms with Gasteiger partial charge in [-0.25, -0.2) is 4.79 Å². The number of hydrogen-bond acceptors (Lipinski definition) is 3. The van der Waals surface area contributed by atoms with Crippen molar-refractivity contribution in [3.05, 3.63) is 29.8 Å². The first kappa shape index (κ1) is 16.5. The fourth-order valence-electron chi connectivity index (χ4n) is 1.60. The van der Waals surface area contributed by atoms with Gasteiger partial charge in [0.1, 0.15) is 0 Å². The molecule has 0 fully saturated rings. The normalized spacial score (nSPS) is 9.76. The predicted molar refractivity (Wildman–Crippen MR) is 78.1 cm³/mol. The minimum atomic E-state index is -0.845. The summed E-state index contributed by atoms with van der Waals surface area (Å²) in [7, 11) is 0. The van der Waals surface area contributed by atoms with Crippen LogP contribution in [-0.2, 0) is 16.0 Å². The van der Waals surface area contributed by atoms with E-state index in [9.17, 15) is 14.4 Å². The van der Waals surface area contributed by atoms with E-state index < -0.39 is 12.0 Å². The molecule has 0 aromatic heterocycles. The molecule has 114 valence electrons. The number of carboxylic acids is 1. The smallest absolute Gasteiger partial charge is 0.319 e. The molecule has 1 aromatic rings. The highest BCUT2D eigenvalue weighted by molar-refractivity contribution is 5.92. The van der Waals surface area contributed by atoms with Gasteiger partial charge in [-0.3, -0.25) is 9.59 Å². The fourth-order valence-corrected chi connectivity index (χ4v) is 1.60. The summed E-state index contributed by atoms with van der Waals surface area (Å²) in [5.74, 6) is -1.10. The molecule has 4 N–H and O–H groups in total. The third kappa shape index (κ3) is 6.95. The van der Waals surface area contributed by atoms with Crippen LogP contribution >= 0.6 is 0 Å². The number of carbonyl (C=O) groups is 3. The maximum Gasteiger partial charge on any atom is 0.319 e. The van der Waals surface area contributed by atoms with Gasteiger partial charge in [-0.1, -0.05) is 12.1 Å². The standard InChI is InChI=1S/C14H19N3O4/c1-2-15-12(18)9-16-14(21)17-11-6-3-10(4-7-11)5-8-13(19)20/h3-4,6-7H,2,5,8-9H2,1H3,(H,15,18)(H,19,20)(H2,16,17,21). The Morgan fingerprint density at radius 2 is 1.76 bits per heavy atom. The highest BCUT2D eigenvalue weighted by atomic mass is 16.4. The molecule has 0 aliphatic heterocycles. The molecule has 0 atom stereocenters. The summed E-state index contributed by atoms with van der Waals surface area (Å²) in [5.41, 5.74) is 1.45. The molecule has 0 heterocycles. The molecular formula is C14H19N3O4. The summed E-state index contributed by atoms with van der Waals surface area (Å²) in [4.78, 5) is 33.2. The van der Waals surface area contributed by atoms with Crippen molar-refractivity contribution in [3.8, 4) is 0 Å².